The van der Waals surface area contributed by atoms with Gasteiger partial charge in [-0.05, 0) is 40.0 Å². The van der Waals surface area contributed by atoms with E-state index in [0.29, 0.717) is 13.0 Å². The number of nitrogens with zero attached hydrogens (tertiary/aromatic N) is 2. The summed E-state index contributed by atoms with van der Waals surface area (Å²) in [5.74, 6) is 0. The van der Waals surface area contributed by atoms with Crippen LogP contribution in [0.3, 0.4) is 0 Å². The molecule has 0 spiro atoms. The zero-order chi connectivity index (χ0) is 14.0. The van der Waals surface area contributed by atoms with E-state index in [1.165, 1.54) is 0 Å². The predicted octanol–water partition coefficient (Wildman–Crippen LogP) is 2.43. The normalized spacial score (nSPS) is 28.9. The highest BCUT2D eigenvalue weighted by molar-refractivity contribution is 5.69. The third-order valence-electron chi connectivity index (χ3n) is 3.69. The number of likely N-dealkylation sites (tertiary alicyclic amines) is 2. The second-order valence-corrected chi connectivity index (χ2v) is 6.62. The molecule has 0 N–H and O–H groups in total. The Labute approximate surface area is 114 Å². The van der Waals surface area contributed by atoms with Gasteiger partial charge in [0.2, 0.25) is 0 Å². The van der Waals surface area contributed by atoms with Gasteiger partial charge in [-0.2, -0.15) is 0 Å². The SMILES string of the molecule is CC(C)(C)OC(=O)N1CCC[C@@H]1CN1CC[C@@H](F)C1. The summed E-state index contributed by atoms with van der Waals surface area (Å²) in [5, 5.41) is 0. The summed E-state index contributed by atoms with van der Waals surface area (Å²) < 4.78 is 18.6. The zero-order valence-electron chi connectivity index (χ0n) is 12.2. The van der Waals surface area contributed by atoms with Crippen LogP contribution < -0.4 is 0 Å². The number of ether oxygens (including phenoxy) is 1. The average Bonchev–Trinajstić information content (AvgIpc) is 2.86. The second-order valence-electron chi connectivity index (χ2n) is 6.62. The van der Waals surface area contributed by atoms with Crippen LogP contribution in [0.2, 0.25) is 0 Å². The quantitative estimate of drug-likeness (QED) is 0.774. The van der Waals surface area contributed by atoms with E-state index >= 15 is 0 Å². The molecule has 2 saturated heterocycles. The lowest BCUT2D eigenvalue weighted by atomic mass is 10.2. The van der Waals surface area contributed by atoms with Gasteiger partial charge in [-0.15, -0.1) is 0 Å². The largest absolute Gasteiger partial charge is 0.444 e. The lowest BCUT2D eigenvalue weighted by molar-refractivity contribution is 0.0201. The van der Waals surface area contributed by atoms with Crippen molar-refractivity contribution in [2.45, 2.75) is 57.8 Å². The summed E-state index contributed by atoms with van der Waals surface area (Å²) in [4.78, 5) is 16.1. The summed E-state index contributed by atoms with van der Waals surface area (Å²) in [6, 6.07) is 0.181. The number of carbonyl (C=O) groups is 1. The van der Waals surface area contributed by atoms with E-state index in [1.807, 2.05) is 25.7 Å². The molecule has 2 aliphatic rings. The molecule has 0 unspecified atom stereocenters. The molecule has 0 aliphatic carbocycles. The number of rotatable bonds is 2. The number of hydrogen-bond donors (Lipinski definition) is 0. The Hall–Kier alpha value is -0.840. The highest BCUT2D eigenvalue weighted by Gasteiger charge is 2.34. The van der Waals surface area contributed by atoms with Crippen molar-refractivity contribution < 1.29 is 13.9 Å². The van der Waals surface area contributed by atoms with Crippen LogP contribution >= 0.6 is 0 Å². The summed E-state index contributed by atoms with van der Waals surface area (Å²) in [5.41, 5.74) is -0.456. The van der Waals surface area contributed by atoms with Crippen molar-refractivity contribution in [3.63, 3.8) is 0 Å². The molecule has 1 amide bonds. The first-order valence-electron chi connectivity index (χ1n) is 7.21. The first kappa shape index (κ1) is 14.6. The molecular formula is C14H25FN2O2. The molecule has 0 bridgehead atoms. The Balaban J connectivity index is 1.88. The molecule has 19 heavy (non-hydrogen) atoms. The third-order valence-corrected chi connectivity index (χ3v) is 3.69. The van der Waals surface area contributed by atoms with Crippen LogP contribution in [-0.2, 0) is 4.74 Å². The number of amides is 1. The van der Waals surface area contributed by atoms with E-state index < -0.39 is 11.8 Å². The van der Waals surface area contributed by atoms with Crippen molar-refractivity contribution in [3.8, 4) is 0 Å². The topological polar surface area (TPSA) is 32.8 Å². The smallest absolute Gasteiger partial charge is 0.410 e. The fourth-order valence-electron chi connectivity index (χ4n) is 2.84. The molecule has 0 saturated carbocycles. The monoisotopic (exact) mass is 272 g/mol. The number of carbonyl (C=O) groups excluding carboxylic acids is 1. The van der Waals surface area contributed by atoms with Crippen molar-refractivity contribution in [2.75, 3.05) is 26.2 Å². The Kier molecular flexibility index (Phi) is 4.33. The fourth-order valence-corrected chi connectivity index (χ4v) is 2.84. The molecule has 110 valence electrons. The predicted molar refractivity (Wildman–Crippen MR) is 71.9 cm³/mol. The second kappa shape index (κ2) is 5.65. The molecule has 0 aromatic rings. The van der Waals surface area contributed by atoms with Gasteiger partial charge in [0.15, 0.2) is 0 Å². The number of alkyl halides is 1. The van der Waals surface area contributed by atoms with Gasteiger partial charge in [-0.25, -0.2) is 9.18 Å². The van der Waals surface area contributed by atoms with E-state index in [1.54, 1.807) is 0 Å². The summed E-state index contributed by atoms with van der Waals surface area (Å²) >= 11 is 0. The molecule has 5 heteroatoms. The fraction of sp³-hybridized carbons (Fsp3) is 0.929. The molecule has 2 atom stereocenters. The highest BCUT2D eigenvalue weighted by Crippen LogP contribution is 2.23. The van der Waals surface area contributed by atoms with Crippen molar-refractivity contribution in [3.05, 3.63) is 0 Å². The molecule has 2 rings (SSSR count). The van der Waals surface area contributed by atoms with Gasteiger partial charge < -0.3 is 9.64 Å². The van der Waals surface area contributed by atoms with Crippen molar-refractivity contribution >= 4 is 6.09 Å². The summed E-state index contributed by atoms with van der Waals surface area (Å²) in [6.07, 6.45) is 1.70. The van der Waals surface area contributed by atoms with Crippen molar-refractivity contribution in [1.82, 2.24) is 9.80 Å². The number of hydrogen-bond acceptors (Lipinski definition) is 3. The van der Waals surface area contributed by atoms with Crippen LogP contribution in [0.5, 0.6) is 0 Å². The maximum Gasteiger partial charge on any atom is 0.410 e. The van der Waals surface area contributed by atoms with Gasteiger partial charge in [0.05, 0.1) is 0 Å². The Bertz CT molecular complexity index is 330. The van der Waals surface area contributed by atoms with Crippen molar-refractivity contribution in [1.29, 1.82) is 0 Å². The van der Waals surface area contributed by atoms with Crippen LogP contribution in [0.25, 0.3) is 0 Å². The molecule has 0 aromatic carbocycles. The van der Waals surface area contributed by atoms with E-state index in [0.717, 1.165) is 32.5 Å². The average molecular weight is 272 g/mol. The lowest BCUT2D eigenvalue weighted by Gasteiger charge is -2.30. The summed E-state index contributed by atoms with van der Waals surface area (Å²) in [6.45, 7) is 8.49. The van der Waals surface area contributed by atoms with E-state index in [4.69, 9.17) is 4.74 Å². The zero-order valence-corrected chi connectivity index (χ0v) is 12.2. The van der Waals surface area contributed by atoms with Gasteiger partial charge in [-0.3, -0.25) is 4.90 Å². The van der Waals surface area contributed by atoms with Crippen LogP contribution in [0.1, 0.15) is 40.0 Å². The minimum absolute atomic E-state index is 0.181. The highest BCUT2D eigenvalue weighted by atomic mass is 19.1. The molecule has 2 heterocycles. The van der Waals surface area contributed by atoms with E-state index in [9.17, 15) is 9.18 Å². The first-order chi connectivity index (χ1) is 8.85. The molecule has 2 aliphatic heterocycles. The molecular weight excluding hydrogens is 247 g/mol. The maximum absolute atomic E-state index is 13.2. The van der Waals surface area contributed by atoms with Gasteiger partial charge in [0.1, 0.15) is 11.8 Å². The molecule has 0 radical (unpaired) electrons. The van der Waals surface area contributed by atoms with Gasteiger partial charge >= 0.3 is 6.09 Å². The van der Waals surface area contributed by atoms with Gasteiger partial charge in [0.25, 0.3) is 0 Å². The van der Waals surface area contributed by atoms with E-state index in [-0.39, 0.29) is 12.1 Å². The van der Waals surface area contributed by atoms with Crippen LogP contribution in [0, 0.1) is 0 Å². The minimum atomic E-state index is -0.698. The third kappa shape index (κ3) is 4.06. The minimum Gasteiger partial charge on any atom is -0.444 e. The standard InChI is InChI=1S/C14H25FN2O2/c1-14(2,3)19-13(18)17-7-4-5-12(17)10-16-8-6-11(15)9-16/h11-12H,4-10H2,1-3H3/t11-,12-/m1/s1. The molecule has 0 aromatic heterocycles. The molecule has 2 fully saturated rings. The lowest BCUT2D eigenvalue weighted by Crippen LogP contribution is -2.44. The van der Waals surface area contributed by atoms with Crippen molar-refractivity contribution in [2.24, 2.45) is 0 Å². The van der Waals surface area contributed by atoms with Crippen LogP contribution in [-0.4, -0.2) is 59.9 Å². The van der Waals surface area contributed by atoms with Gasteiger partial charge in [0, 0.05) is 32.2 Å². The Morgan fingerprint density at radius 2 is 2.05 bits per heavy atom. The van der Waals surface area contributed by atoms with Gasteiger partial charge in [-0.1, -0.05) is 0 Å². The Morgan fingerprint density at radius 1 is 1.32 bits per heavy atom. The maximum atomic E-state index is 13.2. The van der Waals surface area contributed by atoms with Crippen LogP contribution in [0.15, 0.2) is 0 Å². The van der Waals surface area contributed by atoms with Crippen LogP contribution in [0.4, 0.5) is 9.18 Å². The number of halogens is 1. The summed E-state index contributed by atoms with van der Waals surface area (Å²) in [7, 11) is 0. The van der Waals surface area contributed by atoms with E-state index in [2.05, 4.69) is 4.90 Å². The first-order valence-corrected chi connectivity index (χ1v) is 7.21. The molecule has 4 nitrogen and oxygen atoms in total. The Morgan fingerprint density at radius 3 is 2.63 bits per heavy atom.